The normalized spacial score (nSPS) is 11.6. The van der Waals surface area contributed by atoms with E-state index in [4.69, 9.17) is 11.6 Å². The molecule has 0 aliphatic carbocycles. The molecule has 0 saturated carbocycles. The van der Waals surface area contributed by atoms with Crippen molar-refractivity contribution in [2.75, 3.05) is 0 Å². The van der Waals surface area contributed by atoms with Crippen LogP contribution in [0.3, 0.4) is 0 Å². The van der Waals surface area contributed by atoms with Gasteiger partial charge in [0.05, 0.1) is 17.1 Å². The van der Waals surface area contributed by atoms with Gasteiger partial charge in [-0.25, -0.2) is 18.1 Å². The number of sulfonamides is 1. The van der Waals surface area contributed by atoms with Gasteiger partial charge in [0.1, 0.15) is 5.01 Å². The number of aromatic nitrogens is 1. The number of carbonyl (C=O) groups excluding carboxylic acids is 1. The second kappa shape index (κ2) is 9.26. The zero-order valence-corrected chi connectivity index (χ0v) is 19.2. The Morgan fingerprint density at radius 2 is 1.87 bits per heavy atom. The number of hydrogen-bond acceptors (Lipinski definition) is 5. The summed E-state index contributed by atoms with van der Waals surface area (Å²) in [6.07, 6.45) is 0. The maximum absolute atomic E-state index is 12.6. The number of halogens is 1. The lowest BCUT2D eigenvalue weighted by Crippen LogP contribution is -2.30. The average molecular weight is 464 g/mol. The smallest absolute Gasteiger partial charge is 0.251 e. The average Bonchev–Trinajstić information content (AvgIpc) is 3.06. The molecule has 0 radical (unpaired) electrons. The Morgan fingerprint density at radius 1 is 1.17 bits per heavy atom. The minimum atomic E-state index is -3.67. The molecule has 3 rings (SSSR count). The van der Waals surface area contributed by atoms with Crippen molar-refractivity contribution in [3.63, 3.8) is 0 Å². The summed E-state index contributed by atoms with van der Waals surface area (Å²) >= 11 is 7.44. The van der Waals surface area contributed by atoms with Gasteiger partial charge in [-0.05, 0) is 51.1 Å². The van der Waals surface area contributed by atoms with Crippen molar-refractivity contribution < 1.29 is 13.2 Å². The molecule has 0 unspecified atom stereocenters. The number of nitrogens with one attached hydrogen (secondary N) is 2. The maximum atomic E-state index is 12.6. The molecule has 158 valence electrons. The summed E-state index contributed by atoms with van der Waals surface area (Å²) < 4.78 is 27.2. The van der Waals surface area contributed by atoms with Crippen molar-refractivity contribution in [3.8, 4) is 11.3 Å². The number of benzene rings is 2. The molecule has 9 heteroatoms. The summed E-state index contributed by atoms with van der Waals surface area (Å²) in [4.78, 5) is 18.3. The van der Waals surface area contributed by atoms with Crippen LogP contribution in [-0.2, 0) is 16.6 Å². The number of rotatable bonds is 7. The Morgan fingerprint density at radius 3 is 2.53 bits per heavy atom. The number of amides is 1. The van der Waals surface area contributed by atoms with Crippen LogP contribution in [0.1, 0.15) is 34.1 Å². The molecule has 0 saturated heterocycles. The highest BCUT2D eigenvalue weighted by atomic mass is 35.5. The van der Waals surface area contributed by atoms with Crippen LogP contribution in [0.25, 0.3) is 11.3 Å². The molecule has 1 amide bonds. The van der Waals surface area contributed by atoms with E-state index < -0.39 is 10.0 Å². The summed E-state index contributed by atoms with van der Waals surface area (Å²) in [5.74, 6) is -0.363. The quantitative estimate of drug-likeness (QED) is 0.544. The number of aryl methyl sites for hydroxylation is 1. The SMILES string of the molecule is Cc1sc(CNC(=O)c2cccc(S(=O)(=O)NC(C)C)c2)nc1-c1ccc(Cl)cc1. The zero-order valence-electron chi connectivity index (χ0n) is 16.8. The molecule has 0 atom stereocenters. The third-order valence-electron chi connectivity index (χ3n) is 4.16. The molecular formula is C21H22ClN3O3S2. The minimum Gasteiger partial charge on any atom is -0.346 e. The van der Waals surface area contributed by atoms with Crippen LogP contribution in [0.5, 0.6) is 0 Å². The lowest BCUT2D eigenvalue weighted by Gasteiger charge is -2.10. The van der Waals surface area contributed by atoms with Gasteiger partial charge in [-0.3, -0.25) is 4.79 Å². The summed E-state index contributed by atoms with van der Waals surface area (Å²) in [6, 6.07) is 13.2. The lowest BCUT2D eigenvalue weighted by molar-refractivity contribution is 0.0950. The molecular weight excluding hydrogens is 442 g/mol. The predicted molar refractivity (Wildman–Crippen MR) is 120 cm³/mol. The number of nitrogens with zero attached hydrogens (tertiary/aromatic N) is 1. The van der Waals surface area contributed by atoms with Crippen molar-refractivity contribution in [1.82, 2.24) is 15.0 Å². The van der Waals surface area contributed by atoms with Gasteiger partial charge in [0.2, 0.25) is 10.0 Å². The molecule has 0 aliphatic rings. The second-order valence-corrected chi connectivity index (χ2v) is 10.4. The fourth-order valence-corrected chi connectivity index (χ4v) is 5.16. The standard InChI is InChI=1S/C21H22ClN3O3S2/c1-13(2)25-30(27,28)18-6-4-5-16(11-18)21(26)23-12-19-24-20(14(3)29-19)15-7-9-17(22)10-8-15/h4-11,13,25H,12H2,1-3H3,(H,23,26). The van der Waals surface area contributed by atoms with E-state index in [1.807, 2.05) is 31.2 Å². The van der Waals surface area contributed by atoms with E-state index in [2.05, 4.69) is 15.0 Å². The van der Waals surface area contributed by atoms with Crippen LogP contribution in [0, 0.1) is 6.92 Å². The largest absolute Gasteiger partial charge is 0.346 e. The van der Waals surface area contributed by atoms with Gasteiger partial charge in [0, 0.05) is 27.1 Å². The van der Waals surface area contributed by atoms with Crippen molar-refractivity contribution in [3.05, 3.63) is 69.0 Å². The Hall–Kier alpha value is -2.26. The monoisotopic (exact) mass is 463 g/mol. The van der Waals surface area contributed by atoms with Crippen molar-refractivity contribution in [2.24, 2.45) is 0 Å². The summed E-state index contributed by atoms with van der Waals surface area (Å²) in [6.45, 7) is 5.70. The van der Waals surface area contributed by atoms with Crippen molar-refractivity contribution >= 4 is 38.9 Å². The maximum Gasteiger partial charge on any atom is 0.251 e. The zero-order chi connectivity index (χ0) is 21.9. The lowest BCUT2D eigenvalue weighted by atomic mass is 10.1. The van der Waals surface area contributed by atoms with E-state index in [1.54, 1.807) is 26.0 Å². The van der Waals surface area contributed by atoms with Crippen LogP contribution in [0.4, 0.5) is 0 Å². The molecule has 0 aliphatic heterocycles. The summed E-state index contributed by atoms with van der Waals surface area (Å²) in [5, 5.41) is 4.23. The molecule has 30 heavy (non-hydrogen) atoms. The molecule has 0 spiro atoms. The van der Waals surface area contributed by atoms with Crippen LogP contribution >= 0.6 is 22.9 Å². The van der Waals surface area contributed by atoms with E-state index in [9.17, 15) is 13.2 Å². The van der Waals surface area contributed by atoms with Crippen LogP contribution in [0.15, 0.2) is 53.4 Å². The van der Waals surface area contributed by atoms with Crippen LogP contribution in [0.2, 0.25) is 5.02 Å². The van der Waals surface area contributed by atoms with Crippen LogP contribution < -0.4 is 10.0 Å². The van der Waals surface area contributed by atoms with E-state index in [1.165, 1.54) is 23.5 Å². The highest BCUT2D eigenvalue weighted by molar-refractivity contribution is 7.89. The Labute approximate surface area is 185 Å². The van der Waals surface area contributed by atoms with Gasteiger partial charge in [0.25, 0.3) is 5.91 Å². The Bertz CT molecular complexity index is 1160. The molecule has 6 nitrogen and oxygen atoms in total. The molecule has 3 aromatic rings. The fourth-order valence-electron chi connectivity index (χ4n) is 2.84. The highest BCUT2D eigenvalue weighted by Gasteiger charge is 2.18. The first-order chi connectivity index (χ1) is 14.2. The molecule has 0 fully saturated rings. The van der Waals surface area contributed by atoms with Gasteiger partial charge in [-0.1, -0.05) is 29.8 Å². The first-order valence-corrected chi connectivity index (χ1v) is 12.0. The Kier molecular flexibility index (Phi) is 6.92. The number of hydrogen-bond donors (Lipinski definition) is 2. The van der Waals surface area contributed by atoms with Crippen molar-refractivity contribution in [2.45, 2.75) is 38.3 Å². The van der Waals surface area contributed by atoms with Gasteiger partial charge in [0.15, 0.2) is 0 Å². The topological polar surface area (TPSA) is 88.2 Å². The second-order valence-electron chi connectivity index (χ2n) is 7.01. The van der Waals surface area contributed by atoms with Crippen LogP contribution in [-0.4, -0.2) is 25.4 Å². The molecule has 1 heterocycles. The van der Waals surface area contributed by atoms with Gasteiger partial charge < -0.3 is 5.32 Å². The molecule has 1 aromatic heterocycles. The first kappa shape index (κ1) is 22.4. The van der Waals surface area contributed by atoms with Gasteiger partial charge in [-0.15, -0.1) is 11.3 Å². The van der Waals surface area contributed by atoms with E-state index in [0.29, 0.717) is 5.02 Å². The van der Waals surface area contributed by atoms with E-state index in [0.717, 1.165) is 21.1 Å². The van der Waals surface area contributed by atoms with Gasteiger partial charge in [-0.2, -0.15) is 0 Å². The predicted octanol–water partition coefficient (Wildman–Crippen LogP) is 4.39. The Balaban J connectivity index is 1.71. The molecule has 0 bridgehead atoms. The molecule has 2 aromatic carbocycles. The number of carbonyl (C=O) groups is 1. The fraction of sp³-hybridized carbons (Fsp3) is 0.238. The minimum absolute atomic E-state index is 0.0546. The third-order valence-corrected chi connectivity index (χ3v) is 7.04. The highest BCUT2D eigenvalue weighted by Crippen LogP contribution is 2.28. The van der Waals surface area contributed by atoms with Crippen molar-refractivity contribution in [1.29, 1.82) is 0 Å². The number of thiazole rings is 1. The molecule has 2 N–H and O–H groups in total. The van der Waals surface area contributed by atoms with E-state index >= 15 is 0 Å². The summed E-state index contributed by atoms with van der Waals surface area (Å²) in [5.41, 5.74) is 2.09. The third kappa shape index (κ3) is 5.46. The first-order valence-electron chi connectivity index (χ1n) is 9.28. The van der Waals surface area contributed by atoms with Gasteiger partial charge >= 0.3 is 0 Å². The van der Waals surface area contributed by atoms with E-state index in [-0.39, 0.29) is 29.0 Å². The summed E-state index contributed by atoms with van der Waals surface area (Å²) in [7, 11) is -3.67.